The molecule has 2 aromatic rings. The van der Waals surface area contributed by atoms with E-state index in [0.29, 0.717) is 0 Å². The molecule has 0 aliphatic heterocycles. The van der Waals surface area contributed by atoms with Gasteiger partial charge in [0.05, 0.1) is 5.71 Å². The van der Waals surface area contributed by atoms with E-state index in [1.165, 1.54) is 5.56 Å². The number of primary amides is 1. The minimum absolute atomic E-state index is 0.647. The molecule has 0 bridgehead atoms. The Morgan fingerprint density at radius 1 is 1.00 bits per heavy atom. The second-order valence-electron chi connectivity index (χ2n) is 4.74. The summed E-state index contributed by atoms with van der Waals surface area (Å²) in [5, 5.41) is 4.12. The molecule has 0 saturated carbocycles. The van der Waals surface area contributed by atoms with Gasteiger partial charge in [-0.3, -0.25) is 0 Å². The van der Waals surface area contributed by atoms with Gasteiger partial charge in [-0.2, -0.15) is 5.10 Å². The van der Waals surface area contributed by atoms with Crippen molar-refractivity contribution in [1.82, 2.24) is 5.43 Å². The first-order valence-corrected chi connectivity index (χ1v) is 6.97. The van der Waals surface area contributed by atoms with Gasteiger partial charge in [-0.1, -0.05) is 60.7 Å². The van der Waals surface area contributed by atoms with E-state index in [1.807, 2.05) is 48.5 Å². The molecule has 0 unspecified atom stereocenters. The van der Waals surface area contributed by atoms with E-state index in [4.69, 9.17) is 5.73 Å². The highest BCUT2D eigenvalue weighted by atomic mass is 16.2. The van der Waals surface area contributed by atoms with Gasteiger partial charge in [0, 0.05) is 0 Å². The smallest absolute Gasteiger partial charge is 0.332 e. The summed E-state index contributed by atoms with van der Waals surface area (Å²) >= 11 is 0. The van der Waals surface area contributed by atoms with Crippen LogP contribution in [0.2, 0.25) is 0 Å². The average Bonchev–Trinajstić information content (AvgIpc) is 2.52. The summed E-state index contributed by atoms with van der Waals surface area (Å²) in [7, 11) is 0. The normalized spacial score (nSPS) is 11.1. The molecule has 0 aliphatic rings. The van der Waals surface area contributed by atoms with Crippen LogP contribution in [0, 0.1) is 0 Å². The maximum absolute atomic E-state index is 10.8. The van der Waals surface area contributed by atoms with Crippen LogP contribution in [-0.2, 0) is 6.42 Å². The van der Waals surface area contributed by atoms with Gasteiger partial charge in [0.25, 0.3) is 0 Å². The second kappa shape index (κ2) is 7.85. The summed E-state index contributed by atoms with van der Waals surface area (Å²) in [5.74, 6) is 0. The molecular weight excluding hydrogens is 262 g/mol. The molecule has 2 rings (SSSR count). The van der Waals surface area contributed by atoms with E-state index in [0.717, 1.165) is 30.5 Å². The van der Waals surface area contributed by atoms with Gasteiger partial charge in [-0.25, -0.2) is 10.2 Å². The SMILES string of the molecule is NC(=O)N/N=C(\CCCc1ccccc1)c1ccccc1. The Balaban J connectivity index is 1.99. The molecule has 0 atom stereocenters. The van der Waals surface area contributed by atoms with Crippen molar-refractivity contribution in [2.45, 2.75) is 19.3 Å². The van der Waals surface area contributed by atoms with Crippen molar-refractivity contribution in [1.29, 1.82) is 0 Å². The highest BCUT2D eigenvalue weighted by molar-refractivity contribution is 6.00. The second-order valence-corrected chi connectivity index (χ2v) is 4.74. The van der Waals surface area contributed by atoms with Crippen LogP contribution in [-0.4, -0.2) is 11.7 Å². The van der Waals surface area contributed by atoms with Crippen LogP contribution < -0.4 is 11.2 Å². The molecule has 21 heavy (non-hydrogen) atoms. The molecule has 0 heterocycles. The van der Waals surface area contributed by atoms with Gasteiger partial charge in [-0.05, 0) is 30.4 Å². The molecule has 108 valence electrons. The molecule has 3 N–H and O–H groups in total. The molecule has 4 heteroatoms. The standard InChI is InChI=1S/C17H19N3O/c18-17(21)20-19-16(15-11-5-2-6-12-15)13-7-10-14-8-3-1-4-9-14/h1-6,8-9,11-12H,7,10,13H2,(H3,18,20,21)/b19-16+. The van der Waals surface area contributed by atoms with Crippen LogP contribution in [0.15, 0.2) is 65.8 Å². The highest BCUT2D eigenvalue weighted by Crippen LogP contribution is 2.10. The number of carbonyl (C=O) groups excluding carboxylic acids is 1. The van der Waals surface area contributed by atoms with Crippen LogP contribution >= 0.6 is 0 Å². The summed E-state index contributed by atoms with van der Waals surface area (Å²) in [6.07, 6.45) is 2.71. The minimum Gasteiger partial charge on any atom is -0.350 e. The first kappa shape index (κ1) is 14.8. The summed E-state index contributed by atoms with van der Waals surface area (Å²) in [6, 6.07) is 19.5. The van der Waals surface area contributed by atoms with Gasteiger partial charge in [0.15, 0.2) is 0 Å². The number of hydrogen-bond donors (Lipinski definition) is 2. The maximum Gasteiger partial charge on any atom is 0.332 e. The molecule has 0 aliphatic carbocycles. The van der Waals surface area contributed by atoms with Crippen molar-refractivity contribution in [2.24, 2.45) is 10.8 Å². The number of hydrogen-bond acceptors (Lipinski definition) is 2. The first-order chi connectivity index (χ1) is 10.3. The monoisotopic (exact) mass is 281 g/mol. The lowest BCUT2D eigenvalue weighted by molar-refractivity contribution is 0.249. The van der Waals surface area contributed by atoms with Crippen molar-refractivity contribution in [3.8, 4) is 0 Å². The number of amides is 2. The third kappa shape index (κ3) is 5.10. The van der Waals surface area contributed by atoms with Crippen molar-refractivity contribution in [2.75, 3.05) is 0 Å². The maximum atomic E-state index is 10.8. The first-order valence-electron chi connectivity index (χ1n) is 6.97. The molecule has 4 nitrogen and oxygen atoms in total. The largest absolute Gasteiger partial charge is 0.350 e. The third-order valence-corrected chi connectivity index (χ3v) is 3.13. The lowest BCUT2D eigenvalue weighted by Crippen LogP contribution is -2.26. The van der Waals surface area contributed by atoms with Crippen LogP contribution in [0.1, 0.15) is 24.0 Å². The Morgan fingerprint density at radius 3 is 2.24 bits per heavy atom. The van der Waals surface area contributed by atoms with Gasteiger partial charge >= 0.3 is 6.03 Å². The van der Waals surface area contributed by atoms with Crippen molar-refractivity contribution in [3.05, 3.63) is 71.8 Å². The summed E-state index contributed by atoms with van der Waals surface area (Å²) in [5.41, 5.74) is 10.5. The van der Waals surface area contributed by atoms with Crippen molar-refractivity contribution in [3.63, 3.8) is 0 Å². The fourth-order valence-corrected chi connectivity index (χ4v) is 2.12. The molecule has 0 fully saturated rings. The Morgan fingerprint density at radius 2 is 1.62 bits per heavy atom. The zero-order valence-corrected chi connectivity index (χ0v) is 11.8. The number of nitrogens with two attached hydrogens (primary N) is 1. The summed E-state index contributed by atoms with van der Waals surface area (Å²) < 4.78 is 0. The molecular formula is C17H19N3O. The van der Waals surface area contributed by atoms with E-state index in [2.05, 4.69) is 22.7 Å². The van der Waals surface area contributed by atoms with Gasteiger partial charge in [0.2, 0.25) is 0 Å². The van der Waals surface area contributed by atoms with E-state index >= 15 is 0 Å². The van der Waals surface area contributed by atoms with E-state index in [9.17, 15) is 4.79 Å². The van der Waals surface area contributed by atoms with Crippen molar-refractivity contribution < 1.29 is 4.79 Å². The quantitative estimate of drug-likeness (QED) is 0.620. The number of benzene rings is 2. The Bertz CT molecular complexity index is 594. The molecule has 0 aromatic heterocycles. The summed E-state index contributed by atoms with van der Waals surface area (Å²) in [6.45, 7) is 0. The zero-order valence-electron chi connectivity index (χ0n) is 11.8. The molecule has 0 spiro atoms. The topological polar surface area (TPSA) is 67.5 Å². The predicted octanol–water partition coefficient (Wildman–Crippen LogP) is 3.08. The van der Waals surface area contributed by atoms with Gasteiger partial charge in [-0.15, -0.1) is 0 Å². The number of hydrazone groups is 1. The van der Waals surface area contributed by atoms with E-state index in [1.54, 1.807) is 0 Å². The van der Waals surface area contributed by atoms with Crippen LogP contribution in [0.4, 0.5) is 4.79 Å². The van der Waals surface area contributed by atoms with Gasteiger partial charge in [0.1, 0.15) is 0 Å². The number of nitrogens with one attached hydrogen (secondary N) is 1. The average molecular weight is 281 g/mol. The van der Waals surface area contributed by atoms with Gasteiger partial charge < -0.3 is 5.73 Å². The number of aryl methyl sites for hydroxylation is 1. The van der Waals surface area contributed by atoms with Crippen LogP contribution in [0.3, 0.4) is 0 Å². The summed E-state index contributed by atoms with van der Waals surface area (Å²) in [4.78, 5) is 10.8. The Labute approximate surface area is 124 Å². The van der Waals surface area contributed by atoms with Crippen LogP contribution in [0.25, 0.3) is 0 Å². The molecule has 2 aromatic carbocycles. The van der Waals surface area contributed by atoms with E-state index < -0.39 is 6.03 Å². The fraction of sp³-hybridized carbons (Fsp3) is 0.176. The van der Waals surface area contributed by atoms with E-state index in [-0.39, 0.29) is 0 Å². The number of carbonyl (C=O) groups is 1. The fourth-order valence-electron chi connectivity index (χ4n) is 2.12. The van der Waals surface area contributed by atoms with Crippen molar-refractivity contribution >= 4 is 11.7 Å². The third-order valence-electron chi connectivity index (χ3n) is 3.13. The Kier molecular flexibility index (Phi) is 5.52. The predicted molar refractivity (Wildman–Crippen MR) is 85.1 cm³/mol. The molecule has 2 amide bonds. The number of rotatable bonds is 6. The Hall–Kier alpha value is -2.62. The highest BCUT2D eigenvalue weighted by Gasteiger charge is 2.04. The zero-order chi connectivity index (χ0) is 14.9. The lowest BCUT2D eigenvalue weighted by atomic mass is 10.0. The number of urea groups is 1. The number of nitrogens with zero attached hydrogens (tertiary/aromatic N) is 1. The minimum atomic E-state index is -0.647. The molecule has 0 radical (unpaired) electrons. The lowest BCUT2D eigenvalue weighted by Gasteiger charge is -2.07. The van der Waals surface area contributed by atoms with Crippen LogP contribution in [0.5, 0.6) is 0 Å². The molecule has 0 saturated heterocycles.